The molecular weight excluding hydrogens is 396 g/mol. The predicted molar refractivity (Wildman–Crippen MR) is 128 cm³/mol. The van der Waals surface area contributed by atoms with E-state index in [1.807, 2.05) is 24.3 Å². The summed E-state index contributed by atoms with van der Waals surface area (Å²) in [4.78, 5) is 0. The second-order valence-electron chi connectivity index (χ2n) is 8.11. The van der Waals surface area contributed by atoms with Gasteiger partial charge in [0.05, 0.1) is 5.52 Å². The lowest BCUT2D eigenvalue weighted by Crippen LogP contribution is -2.38. The van der Waals surface area contributed by atoms with Crippen LogP contribution in [0.3, 0.4) is 0 Å². The van der Waals surface area contributed by atoms with Crippen LogP contribution in [0.25, 0.3) is 21.8 Å². The first-order chi connectivity index (χ1) is 15.7. The van der Waals surface area contributed by atoms with Crippen LogP contribution in [0.4, 0.5) is 0 Å². The fraction of sp³-hybridized carbons (Fsp3) is 0.179. The predicted octanol–water partition coefficient (Wildman–Crippen LogP) is 5.01. The molecule has 0 bridgehead atoms. The first kappa shape index (κ1) is 20.3. The Labute approximate surface area is 187 Å². The lowest BCUT2D eigenvalue weighted by atomic mass is 10.1. The molecule has 2 heterocycles. The normalized spacial score (nSPS) is 11.3. The van der Waals surface area contributed by atoms with E-state index in [1.165, 1.54) is 21.9 Å². The molecule has 0 spiro atoms. The van der Waals surface area contributed by atoms with Gasteiger partial charge in [-0.05, 0) is 23.3 Å². The maximum absolute atomic E-state index is 9.51. The molecule has 0 aliphatic carbocycles. The van der Waals surface area contributed by atoms with Gasteiger partial charge in [-0.3, -0.25) is 0 Å². The molecule has 3 aromatic carbocycles. The van der Waals surface area contributed by atoms with Crippen LogP contribution in [0.5, 0.6) is 5.75 Å². The van der Waals surface area contributed by atoms with Gasteiger partial charge in [0.1, 0.15) is 24.5 Å². The highest BCUT2D eigenvalue weighted by molar-refractivity contribution is 6.08. The molecule has 0 aliphatic heterocycles. The summed E-state index contributed by atoms with van der Waals surface area (Å²) in [6.07, 6.45) is 2.07. The van der Waals surface area contributed by atoms with E-state index in [0.717, 1.165) is 29.1 Å². The van der Waals surface area contributed by atoms with Crippen LogP contribution in [0, 0.1) is 6.92 Å². The van der Waals surface area contributed by atoms with E-state index in [1.54, 1.807) is 0 Å². The van der Waals surface area contributed by atoms with Gasteiger partial charge in [-0.1, -0.05) is 60.7 Å². The molecule has 5 aromatic rings. The highest BCUT2D eigenvalue weighted by Crippen LogP contribution is 2.33. The SMILES string of the molecule is Cc1c2c(cc[n+]1CCO)c1ccc(OCc3ccccc3)cc1n2Cc1ccccc1. The molecule has 0 radical (unpaired) electrons. The summed E-state index contributed by atoms with van der Waals surface area (Å²) in [5, 5.41) is 11.9. The fourth-order valence-electron chi connectivity index (χ4n) is 4.44. The molecule has 2 aromatic heterocycles. The highest BCUT2D eigenvalue weighted by Gasteiger charge is 2.20. The Hall–Kier alpha value is -3.63. The maximum Gasteiger partial charge on any atom is 0.202 e. The van der Waals surface area contributed by atoms with Gasteiger partial charge in [-0.25, -0.2) is 0 Å². The molecule has 0 atom stereocenters. The van der Waals surface area contributed by atoms with Crippen LogP contribution in [0.1, 0.15) is 16.8 Å². The molecule has 0 saturated heterocycles. The number of fused-ring (bicyclic) bond motifs is 3. The fourth-order valence-corrected chi connectivity index (χ4v) is 4.44. The lowest BCUT2D eigenvalue weighted by molar-refractivity contribution is -0.702. The molecule has 0 saturated carbocycles. The largest absolute Gasteiger partial charge is 0.489 e. The average molecular weight is 424 g/mol. The molecule has 5 rings (SSSR count). The van der Waals surface area contributed by atoms with Crippen LogP contribution in [0.2, 0.25) is 0 Å². The van der Waals surface area contributed by atoms with E-state index in [4.69, 9.17) is 4.74 Å². The van der Waals surface area contributed by atoms with Gasteiger partial charge in [0, 0.05) is 36.4 Å². The molecule has 160 valence electrons. The third kappa shape index (κ3) is 3.85. The number of pyridine rings is 1. The Morgan fingerprint density at radius 2 is 1.56 bits per heavy atom. The number of aliphatic hydroxyl groups excluding tert-OH is 1. The molecule has 32 heavy (non-hydrogen) atoms. The molecule has 0 fully saturated rings. The number of benzene rings is 3. The number of aryl methyl sites for hydroxylation is 1. The molecular formula is C28H27N2O2+. The van der Waals surface area contributed by atoms with Crippen molar-refractivity contribution in [2.45, 2.75) is 26.6 Å². The average Bonchev–Trinajstić information content (AvgIpc) is 3.14. The van der Waals surface area contributed by atoms with Gasteiger partial charge in [0.15, 0.2) is 12.7 Å². The van der Waals surface area contributed by atoms with Crippen molar-refractivity contribution in [3.8, 4) is 5.75 Å². The Kier molecular flexibility index (Phi) is 5.61. The number of aromatic nitrogens is 2. The standard InChI is InChI=1S/C28H27N2O2/c1-21-28-26(14-15-29(21)16-17-31)25-13-12-24(32-20-23-10-6-3-7-11-23)18-27(25)30(28)19-22-8-4-2-5-9-22/h2-15,18,31H,16-17,19-20H2,1H3/q+1. The van der Waals surface area contributed by atoms with Crippen molar-refractivity contribution in [2.24, 2.45) is 0 Å². The summed E-state index contributed by atoms with van der Waals surface area (Å²) >= 11 is 0. The maximum atomic E-state index is 9.51. The van der Waals surface area contributed by atoms with Crippen LogP contribution in [-0.2, 0) is 19.7 Å². The van der Waals surface area contributed by atoms with Crippen molar-refractivity contribution in [1.82, 2.24) is 4.57 Å². The number of rotatable bonds is 7. The van der Waals surface area contributed by atoms with E-state index in [2.05, 4.69) is 82.9 Å². The number of ether oxygens (including phenoxy) is 1. The quantitative estimate of drug-likeness (QED) is 0.374. The summed E-state index contributed by atoms with van der Waals surface area (Å²) < 4.78 is 10.6. The van der Waals surface area contributed by atoms with E-state index in [-0.39, 0.29) is 6.61 Å². The molecule has 4 nitrogen and oxygen atoms in total. The Balaban J connectivity index is 1.63. The van der Waals surface area contributed by atoms with Crippen LogP contribution >= 0.6 is 0 Å². The van der Waals surface area contributed by atoms with Crippen molar-refractivity contribution in [3.05, 3.63) is 108 Å². The molecule has 0 amide bonds. The first-order valence-electron chi connectivity index (χ1n) is 11.0. The number of hydrogen-bond acceptors (Lipinski definition) is 2. The summed E-state index contributed by atoms with van der Waals surface area (Å²) in [5.74, 6) is 0.861. The van der Waals surface area contributed by atoms with Crippen molar-refractivity contribution in [3.63, 3.8) is 0 Å². The third-order valence-electron chi connectivity index (χ3n) is 6.04. The highest BCUT2D eigenvalue weighted by atomic mass is 16.5. The summed E-state index contributed by atoms with van der Waals surface area (Å²) in [6.45, 7) is 4.15. The minimum Gasteiger partial charge on any atom is -0.489 e. The minimum absolute atomic E-state index is 0.118. The molecule has 1 N–H and O–H groups in total. The summed E-state index contributed by atoms with van der Waals surface area (Å²) in [7, 11) is 0. The van der Waals surface area contributed by atoms with Crippen molar-refractivity contribution >= 4 is 21.8 Å². The van der Waals surface area contributed by atoms with E-state index < -0.39 is 0 Å². The number of aliphatic hydroxyl groups is 1. The van der Waals surface area contributed by atoms with Crippen molar-refractivity contribution in [1.29, 1.82) is 0 Å². The van der Waals surface area contributed by atoms with Crippen molar-refractivity contribution < 1.29 is 14.4 Å². The zero-order valence-corrected chi connectivity index (χ0v) is 18.2. The number of nitrogens with zero attached hydrogens (tertiary/aromatic N) is 2. The first-order valence-corrected chi connectivity index (χ1v) is 11.0. The van der Waals surface area contributed by atoms with Gasteiger partial charge in [-0.2, -0.15) is 4.57 Å². The zero-order chi connectivity index (χ0) is 21.9. The van der Waals surface area contributed by atoms with Crippen LogP contribution in [0.15, 0.2) is 91.1 Å². The summed E-state index contributed by atoms with van der Waals surface area (Å²) in [5.41, 5.74) is 5.90. The molecule has 4 heteroatoms. The van der Waals surface area contributed by atoms with E-state index in [0.29, 0.717) is 13.2 Å². The Bertz CT molecular complexity index is 1360. The number of hydrogen-bond donors (Lipinski definition) is 1. The monoisotopic (exact) mass is 423 g/mol. The van der Waals surface area contributed by atoms with Crippen LogP contribution < -0.4 is 9.30 Å². The van der Waals surface area contributed by atoms with Gasteiger partial charge >= 0.3 is 0 Å². The van der Waals surface area contributed by atoms with Gasteiger partial charge in [-0.15, -0.1) is 0 Å². The van der Waals surface area contributed by atoms with E-state index in [9.17, 15) is 5.11 Å². The topological polar surface area (TPSA) is 38.3 Å². The second-order valence-corrected chi connectivity index (χ2v) is 8.11. The second kappa shape index (κ2) is 8.85. The Morgan fingerprint density at radius 1 is 0.844 bits per heavy atom. The Morgan fingerprint density at radius 3 is 2.28 bits per heavy atom. The zero-order valence-electron chi connectivity index (χ0n) is 18.2. The van der Waals surface area contributed by atoms with Crippen molar-refractivity contribution in [2.75, 3.05) is 6.61 Å². The van der Waals surface area contributed by atoms with Gasteiger partial charge in [0.2, 0.25) is 5.69 Å². The molecule has 0 unspecified atom stereocenters. The smallest absolute Gasteiger partial charge is 0.202 e. The third-order valence-corrected chi connectivity index (χ3v) is 6.04. The van der Waals surface area contributed by atoms with Crippen LogP contribution in [-0.4, -0.2) is 16.3 Å². The van der Waals surface area contributed by atoms with Gasteiger partial charge < -0.3 is 14.4 Å². The molecule has 0 aliphatic rings. The summed E-state index contributed by atoms with van der Waals surface area (Å²) in [6, 6.07) is 29.3. The minimum atomic E-state index is 0.118. The van der Waals surface area contributed by atoms with E-state index >= 15 is 0 Å². The lowest BCUT2D eigenvalue weighted by Gasteiger charge is -2.10. The van der Waals surface area contributed by atoms with Gasteiger partial charge in [0.25, 0.3) is 0 Å².